The van der Waals surface area contributed by atoms with Gasteiger partial charge in [-0.3, -0.25) is 4.79 Å². The van der Waals surface area contributed by atoms with Crippen LogP contribution in [0.1, 0.15) is 36.2 Å². The lowest BCUT2D eigenvalue weighted by Crippen LogP contribution is -2.42. The molecular weight excluding hydrogens is 391 g/mol. The highest BCUT2D eigenvalue weighted by atomic mass is 32.2. The zero-order valence-corrected chi connectivity index (χ0v) is 17.8. The Balaban J connectivity index is 1.71. The zero-order valence-electron chi connectivity index (χ0n) is 17.0. The minimum Gasteiger partial charge on any atom is -0.337 e. The summed E-state index contributed by atoms with van der Waals surface area (Å²) < 4.78 is 40.5. The van der Waals surface area contributed by atoms with Crippen LogP contribution in [0.5, 0.6) is 0 Å². The number of rotatable bonds is 5. The number of nitrogens with zero attached hydrogens (tertiary/aromatic N) is 2. The second kappa shape index (κ2) is 8.63. The molecule has 0 bridgehead atoms. The molecule has 156 valence electrons. The molecule has 29 heavy (non-hydrogen) atoms. The highest BCUT2D eigenvalue weighted by Crippen LogP contribution is 2.27. The molecule has 0 aliphatic carbocycles. The molecule has 2 aromatic carbocycles. The van der Waals surface area contributed by atoms with Crippen molar-refractivity contribution in [3.05, 3.63) is 65.5 Å². The zero-order chi connectivity index (χ0) is 21.2. The van der Waals surface area contributed by atoms with E-state index < -0.39 is 10.0 Å². The number of piperidine rings is 1. The Hall–Kier alpha value is -2.25. The van der Waals surface area contributed by atoms with Crippen LogP contribution in [0.25, 0.3) is 0 Å². The summed E-state index contributed by atoms with van der Waals surface area (Å²) in [7, 11) is -1.91. The van der Waals surface area contributed by atoms with Gasteiger partial charge in [-0.2, -0.15) is 4.31 Å². The van der Waals surface area contributed by atoms with Gasteiger partial charge < -0.3 is 4.90 Å². The van der Waals surface area contributed by atoms with E-state index in [0.29, 0.717) is 37.0 Å². The van der Waals surface area contributed by atoms with Gasteiger partial charge in [0, 0.05) is 32.2 Å². The summed E-state index contributed by atoms with van der Waals surface area (Å²) in [5.74, 6) is 0.111. The monoisotopic (exact) mass is 418 g/mol. The second-order valence-corrected chi connectivity index (χ2v) is 10.0. The van der Waals surface area contributed by atoms with Crippen LogP contribution in [0.3, 0.4) is 0 Å². The Morgan fingerprint density at radius 2 is 1.59 bits per heavy atom. The highest BCUT2D eigenvalue weighted by molar-refractivity contribution is 7.89. The summed E-state index contributed by atoms with van der Waals surface area (Å²) in [5.41, 5.74) is 1.23. The molecule has 0 N–H and O–H groups in total. The SMILES string of the molecule is C[C@H]1C[C@H](C)CN(S(=O)(=O)c2ccc(C(=O)N(C)Cc3ccc(F)cc3)cc2)C1. The quantitative estimate of drug-likeness (QED) is 0.743. The summed E-state index contributed by atoms with van der Waals surface area (Å²) >= 11 is 0. The lowest BCUT2D eigenvalue weighted by atomic mass is 9.94. The maximum atomic E-state index is 13.0. The molecular formula is C22H27FN2O3S. The van der Waals surface area contributed by atoms with Crippen LogP contribution in [-0.2, 0) is 16.6 Å². The van der Waals surface area contributed by atoms with E-state index in [-0.39, 0.29) is 16.6 Å². The van der Waals surface area contributed by atoms with E-state index in [1.165, 1.54) is 29.2 Å². The third-order valence-electron chi connectivity index (χ3n) is 5.25. The molecule has 7 heteroatoms. The maximum absolute atomic E-state index is 13.0. The molecule has 1 aliphatic heterocycles. The van der Waals surface area contributed by atoms with E-state index >= 15 is 0 Å². The number of sulfonamides is 1. The first-order valence-electron chi connectivity index (χ1n) is 9.77. The normalized spacial score (nSPS) is 20.4. The molecule has 1 fully saturated rings. The Morgan fingerprint density at radius 3 is 2.14 bits per heavy atom. The van der Waals surface area contributed by atoms with Crippen molar-refractivity contribution < 1.29 is 17.6 Å². The van der Waals surface area contributed by atoms with E-state index in [1.54, 1.807) is 35.6 Å². The van der Waals surface area contributed by atoms with Crippen LogP contribution in [0.4, 0.5) is 4.39 Å². The summed E-state index contributed by atoms with van der Waals surface area (Å²) in [6, 6.07) is 12.1. The third kappa shape index (κ3) is 5.03. The predicted octanol–water partition coefficient (Wildman–Crippen LogP) is 3.76. The Labute approximate surface area is 172 Å². The lowest BCUT2D eigenvalue weighted by Gasteiger charge is -2.34. The third-order valence-corrected chi connectivity index (χ3v) is 7.10. The molecule has 0 spiro atoms. The number of halogens is 1. The molecule has 2 aromatic rings. The fraction of sp³-hybridized carbons (Fsp3) is 0.409. The summed E-state index contributed by atoms with van der Waals surface area (Å²) in [6.07, 6.45) is 1.03. The number of benzene rings is 2. The summed E-state index contributed by atoms with van der Waals surface area (Å²) in [5, 5.41) is 0. The molecule has 1 amide bonds. The van der Waals surface area contributed by atoms with Crippen molar-refractivity contribution in [3.63, 3.8) is 0 Å². The van der Waals surface area contributed by atoms with E-state index in [0.717, 1.165) is 12.0 Å². The number of hydrogen-bond donors (Lipinski definition) is 0. The van der Waals surface area contributed by atoms with Crippen molar-refractivity contribution in [3.8, 4) is 0 Å². The number of carbonyl (C=O) groups is 1. The van der Waals surface area contributed by atoms with Crippen LogP contribution in [0, 0.1) is 17.7 Å². The first-order valence-corrected chi connectivity index (χ1v) is 11.2. The molecule has 0 saturated carbocycles. The molecule has 3 rings (SSSR count). The molecule has 0 radical (unpaired) electrons. The van der Waals surface area contributed by atoms with Gasteiger partial charge in [0.1, 0.15) is 5.82 Å². The summed E-state index contributed by atoms with van der Waals surface area (Å²) in [4.78, 5) is 14.4. The molecule has 0 aromatic heterocycles. The van der Waals surface area contributed by atoms with Gasteiger partial charge in [0.25, 0.3) is 5.91 Å². The van der Waals surface area contributed by atoms with Crippen LogP contribution in [-0.4, -0.2) is 43.7 Å². The molecule has 5 nitrogen and oxygen atoms in total. The topological polar surface area (TPSA) is 57.7 Å². The highest BCUT2D eigenvalue weighted by Gasteiger charge is 2.31. The van der Waals surface area contributed by atoms with Gasteiger partial charge in [0.05, 0.1) is 4.90 Å². The average Bonchev–Trinajstić information content (AvgIpc) is 2.68. The minimum atomic E-state index is -3.57. The first kappa shape index (κ1) is 21.5. The van der Waals surface area contributed by atoms with Crippen molar-refractivity contribution >= 4 is 15.9 Å². The van der Waals surface area contributed by atoms with Gasteiger partial charge in [-0.25, -0.2) is 12.8 Å². The molecule has 0 unspecified atom stereocenters. The van der Waals surface area contributed by atoms with E-state index in [2.05, 4.69) is 13.8 Å². The Kier molecular flexibility index (Phi) is 6.39. The summed E-state index contributed by atoms with van der Waals surface area (Å²) in [6.45, 7) is 5.51. The maximum Gasteiger partial charge on any atom is 0.253 e. The fourth-order valence-electron chi connectivity index (χ4n) is 3.88. The standard InChI is InChI=1S/C22H27FN2O3S/c1-16-12-17(2)14-25(13-16)29(27,28)21-10-6-19(7-11-21)22(26)24(3)15-18-4-8-20(23)9-5-18/h4-11,16-17H,12-15H2,1-3H3/t16-,17-/m0/s1. The van der Waals surface area contributed by atoms with E-state index in [9.17, 15) is 17.6 Å². The fourth-order valence-corrected chi connectivity index (χ4v) is 5.56. The van der Waals surface area contributed by atoms with Crippen molar-refractivity contribution in [1.29, 1.82) is 0 Å². The van der Waals surface area contributed by atoms with Gasteiger partial charge in [-0.05, 0) is 60.2 Å². The van der Waals surface area contributed by atoms with Crippen molar-refractivity contribution in [2.75, 3.05) is 20.1 Å². The number of amides is 1. The Morgan fingerprint density at radius 1 is 1.03 bits per heavy atom. The van der Waals surface area contributed by atoms with Gasteiger partial charge >= 0.3 is 0 Å². The van der Waals surface area contributed by atoms with Crippen LogP contribution in [0.15, 0.2) is 53.4 Å². The van der Waals surface area contributed by atoms with E-state index in [4.69, 9.17) is 0 Å². The van der Waals surface area contributed by atoms with Crippen molar-refractivity contribution in [1.82, 2.24) is 9.21 Å². The Bertz CT molecular complexity index is 949. The molecule has 2 atom stereocenters. The molecule has 1 heterocycles. The van der Waals surface area contributed by atoms with E-state index in [1.807, 2.05) is 0 Å². The van der Waals surface area contributed by atoms with Crippen molar-refractivity contribution in [2.24, 2.45) is 11.8 Å². The average molecular weight is 419 g/mol. The van der Waals surface area contributed by atoms with Gasteiger partial charge in [0.2, 0.25) is 10.0 Å². The van der Waals surface area contributed by atoms with Crippen molar-refractivity contribution in [2.45, 2.75) is 31.7 Å². The number of carbonyl (C=O) groups excluding carboxylic acids is 1. The van der Waals surface area contributed by atoms with Gasteiger partial charge in [-0.1, -0.05) is 26.0 Å². The smallest absolute Gasteiger partial charge is 0.253 e. The van der Waals surface area contributed by atoms with Gasteiger partial charge in [0.15, 0.2) is 0 Å². The van der Waals surface area contributed by atoms with Gasteiger partial charge in [-0.15, -0.1) is 0 Å². The van der Waals surface area contributed by atoms with Crippen LogP contribution >= 0.6 is 0 Å². The predicted molar refractivity (Wildman–Crippen MR) is 110 cm³/mol. The number of hydrogen-bond acceptors (Lipinski definition) is 3. The minimum absolute atomic E-state index is 0.205. The lowest BCUT2D eigenvalue weighted by molar-refractivity contribution is 0.0785. The van der Waals surface area contributed by atoms with Crippen LogP contribution in [0.2, 0.25) is 0 Å². The molecule has 1 saturated heterocycles. The largest absolute Gasteiger partial charge is 0.337 e. The first-order chi connectivity index (χ1) is 13.7. The molecule has 1 aliphatic rings. The van der Waals surface area contributed by atoms with Crippen LogP contribution < -0.4 is 0 Å². The second-order valence-electron chi connectivity index (χ2n) is 8.08.